The van der Waals surface area contributed by atoms with E-state index in [2.05, 4.69) is 44.5 Å². The summed E-state index contributed by atoms with van der Waals surface area (Å²) >= 11 is 0. The number of carbonyl (C=O) groups excluding carboxylic acids is 2. The molecule has 4 rings (SSSR count). The molecule has 3 heterocycles. The number of rotatable bonds is 7. The van der Waals surface area contributed by atoms with E-state index in [1.54, 1.807) is 10.9 Å². The highest BCUT2D eigenvalue weighted by molar-refractivity contribution is 5.82. The Balaban J connectivity index is 1.53. The van der Waals surface area contributed by atoms with Crippen molar-refractivity contribution in [3.63, 3.8) is 0 Å². The van der Waals surface area contributed by atoms with Gasteiger partial charge in [-0.25, -0.2) is 15.0 Å². The van der Waals surface area contributed by atoms with E-state index >= 15 is 0 Å². The summed E-state index contributed by atoms with van der Waals surface area (Å²) in [5.74, 6) is -0.239. The molecular formula is C22H25N5O5. The lowest BCUT2D eigenvalue weighted by atomic mass is 10.1. The van der Waals surface area contributed by atoms with Crippen LogP contribution >= 0.6 is 0 Å². The van der Waals surface area contributed by atoms with Crippen LogP contribution in [0, 0.1) is 6.92 Å². The van der Waals surface area contributed by atoms with Gasteiger partial charge in [0.1, 0.15) is 31.4 Å². The Morgan fingerprint density at radius 1 is 1.16 bits per heavy atom. The monoisotopic (exact) mass is 439 g/mol. The number of ether oxygens (including phenoxy) is 3. The second kappa shape index (κ2) is 9.31. The number of nitrogens with zero attached hydrogens (tertiary/aromatic N) is 4. The number of anilines is 1. The van der Waals surface area contributed by atoms with Gasteiger partial charge in [0.15, 0.2) is 17.0 Å². The third-order valence-corrected chi connectivity index (χ3v) is 5.20. The zero-order valence-corrected chi connectivity index (χ0v) is 18.1. The predicted octanol–water partition coefficient (Wildman–Crippen LogP) is 2.53. The predicted molar refractivity (Wildman–Crippen MR) is 115 cm³/mol. The molecule has 0 amide bonds. The van der Waals surface area contributed by atoms with Crippen molar-refractivity contribution in [1.29, 1.82) is 0 Å². The molecule has 3 atom stereocenters. The van der Waals surface area contributed by atoms with Crippen LogP contribution in [-0.2, 0) is 30.3 Å². The normalized spacial score (nSPS) is 20.3. The number of nitrogens with one attached hydrogen (secondary N) is 1. The molecule has 1 aliphatic heterocycles. The van der Waals surface area contributed by atoms with Crippen LogP contribution in [0.25, 0.3) is 11.2 Å². The Kier molecular flexibility index (Phi) is 6.31. The van der Waals surface area contributed by atoms with Gasteiger partial charge >= 0.3 is 11.9 Å². The number of carbonyl (C=O) groups is 2. The van der Waals surface area contributed by atoms with Crippen molar-refractivity contribution < 1.29 is 23.8 Å². The van der Waals surface area contributed by atoms with Crippen molar-refractivity contribution in [2.45, 2.75) is 52.2 Å². The quantitative estimate of drug-likeness (QED) is 0.554. The number of benzene rings is 1. The molecule has 1 N–H and O–H groups in total. The van der Waals surface area contributed by atoms with Gasteiger partial charge in [0.05, 0.1) is 6.33 Å². The van der Waals surface area contributed by atoms with Crippen LogP contribution in [0.1, 0.15) is 37.6 Å². The fourth-order valence-corrected chi connectivity index (χ4v) is 3.64. The van der Waals surface area contributed by atoms with E-state index < -0.39 is 30.4 Å². The molecule has 1 aromatic carbocycles. The molecule has 1 saturated heterocycles. The first-order chi connectivity index (χ1) is 15.4. The third-order valence-electron chi connectivity index (χ3n) is 5.20. The van der Waals surface area contributed by atoms with Gasteiger partial charge in [0.25, 0.3) is 0 Å². The van der Waals surface area contributed by atoms with Crippen molar-refractivity contribution in [3.05, 3.63) is 48.0 Å². The summed E-state index contributed by atoms with van der Waals surface area (Å²) in [5.41, 5.74) is 3.52. The second-order valence-electron chi connectivity index (χ2n) is 7.70. The van der Waals surface area contributed by atoms with Crippen LogP contribution < -0.4 is 5.32 Å². The molecule has 3 aromatic rings. The van der Waals surface area contributed by atoms with E-state index in [0.29, 0.717) is 29.9 Å². The molecule has 1 fully saturated rings. The highest BCUT2D eigenvalue weighted by Gasteiger charge is 2.40. The van der Waals surface area contributed by atoms with E-state index in [0.717, 1.165) is 5.56 Å². The molecule has 10 heteroatoms. The number of hydrogen-bond donors (Lipinski definition) is 1. The van der Waals surface area contributed by atoms with Gasteiger partial charge in [-0.05, 0) is 12.5 Å². The summed E-state index contributed by atoms with van der Waals surface area (Å²) < 4.78 is 18.3. The number of hydrogen-bond acceptors (Lipinski definition) is 9. The summed E-state index contributed by atoms with van der Waals surface area (Å²) in [7, 11) is 0. The molecule has 1 aliphatic rings. The van der Waals surface area contributed by atoms with Gasteiger partial charge in [-0.3, -0.25) is 14.2 Å². The van der Waals surface area contributed by atoms with Crippen LogP contribution in [0.3, 0.4) is 0 Å². The number of imidazole rings is 1. The van der Waals surface area contributed by atoms with Crippen LogP contribution in [0.15, 0.2) is 36.9 Å². The third kappa shape index (κ3) is 4.86. The zero-order chi connectivity index (χ0) is 22.7. The summed E-state index contributed by atoms with van der Waals surface area (Å²) in [6.07, 6.45) is 1.87. The standard InChI is InChI=1S/C22H25N5O5/c1-13-4-6-16(7-5-13)9-23-21-20-22(25-11-24-21)27(12-26-20)19-8-17(31-15(3)29)18(32-19)10-30-14(2)28/h4-7,11-12,17-19H,8-10H2,1-3H3,(H,23,24,25)/t17-,18?,19-/m1/s1. The molecule has 0 bridgehead atoms. The van der Waals surface area contributed by atoms with E-state index in [1.807, 2.05) is 6.92 Å². The van der Waals surface area contributed by atoms with Crippen LogP contribution in [0.2, 0.25) is 0 Å². The molecule has 0 spiro atoms. The summed E-state index contributed by atoms with van der Waals surface area (Å²) in [6, 6.07) is 8.24. The summed E-state index contributed by atoms with van der Waals surface area (Å²) in [5, 5.41) is 3.31. The smallest absolute Gasteiger partial charge is 0.303 e. The average Bonchev–Trinajstić information content (AvgIpc) is 3.35. The van der Waals surface area contributed by atoms with Crippen molar-refractivity contribution in [2.24, 2.45) is 0 Å². The molecule has 0 saturated carbocycles. The number of aryl methyl sites for hydroxylation is 1. The van der Waals surface area contributed by atoms with E-state index in [1.165, 1.54) is 25.7 Å². The summed E-state index contributed by atoms with van der Waals surface area (Å²) in [6.45, 7) is 5.29. The minimum Gasteiger partial charge on any atom is -0.463 e. The molecule has 2 aromatic heterocycles. The Morgan fingerprint density at radius 2 is 1.94 bits per heavy atom. The van der Waals surface area contributed by atoms with Crippen molar-refractivity contribution in [3.8, 4) is 0 Å². The fraction of sp³-hybridized carbons (Fsp3) is 0.409. The maximum atomic E-state index is 11.5. The Hall–Kier alpha value is -3.53. The van der Waals surface area contributed by atoms with Crippen LogP contribution in [-0.4, -0.2) is 50.3 Å². The number of fused-ring (bicyclic) bond motifs is 1. The Labute approximate surface area is 184 Å². The van der Waals surface area contributed by atoms with Gasteiger partial charge in [-0.1, -0.05) is 29.8 Å². The second-order valence-corrected chi connectivity index (χ2v) is 7.70. The van der Waals surface area contributed by atoms with Gasteiger partial charge in [-0.2, -0.15) is 0 Å². The van der Waals surface area contributed by atoms with Crippen LogP contribution in [0.4, 0.5) is 5.82 Å². The molecule has 1 unspecified atom stereocenters. The van der Waals surface area contributed by atoms with Crippen LogP contribution in [0.5, 0.6) is 0 Å². The van der Waals surface area contributed by atoms with Gasteiger partial charge in [0, 0.05) is 26.8 Å². The molecular weight excluding hydrogens is 414 g/mol. The maximum Gasteiger partial charge on any atom is 0.303 e. The minimum atomic E-state index is -0.578. The Morgan fingerprint density at radius 3 is 2.66 bits per heavy atom. The van der Waals surface area contributed by atoms with Crippen molar-refractivity contribution >= 4 is 28.9 Å². The van der Waals surface area contributed by atoms with E-state index in [-0.39, 0.29) is 6.61 Å². The highest BCUT2D eigenvalue weighted by atomic mass is 16.6. The van der Waals surface area contributed by atoms with Crippen molar-refractivity contribution in [2.75, 3.05) is 11.9 Å². The summed E-state index contributed by atoms with van der Waals surface area (Å²) in [4.78, 5) is 35.9. The SMILES string of the molecule is CC(=O)OCC1O[C@@H](n2cnc3c(NCc4ccc(C)cc4)ncnc32)C[C@H]1OC(C)=O. The lowest BCUT2D eigenvalue weighted by Crippen LogP contribution is -2.31. The molecule has 10 nitrogen and oxygen atoms in total. The van der Waals surface area contributed by atoms with Gasteiger partial charge in [-0.15, -0.1) is 0 Å². The Bertz CT molecular complexity index is 1110. The average molecular weight is 439 g/mol. The maximum absolute atomic E-state index is 11.5. The first-order valence-electron chi connectivity index (χ1n) is 10.3. The largest absolute Gasteiger partial charge is 0.463 e. The minimum absolute atomic E-state index is 0.00521. The highest BCUT2D eigenvalue weighted by Crippen LogP contribution is 2.33. The van der Waals surface area contributed by atoms with Gasteiger partial charge < -0.3 is 19.5 Å². The first kappa shape index (κ1) is 21.7. The molecule has 32 heavy (non-hydrogen) atoms. The lowest BCUT2D eigenvalue weighted by Gasteiger charge is -2.17. The topological polar surface area (TPSA) is 117 Å². The van der Waals surface area contributed by atoms with Gasteiger partial charge in [0.2, 0.25) is 0 Å². The lowest BCUT2D eigenvalue weighted by molar-refractivity contribution is -0.155. The molecule has 0 aliphatic carbocycles. The first-order valence-corrected chi connectivity index (χ1v) is 10.3. The zero-order valence-electron chi connectivity index (χ0n) is 18.1. The molecule has 168 valence electrons. The fourth-order valence-electron chi connectivity index (χ4n) is 3.64. The van der Waals surface area contributed by atoms with Crippen molar-refractivity contribution in [1.82, 2.24) is 19.5 Å². The number of esters is 2. The van der Waals surface area contributed by atoms with E-state index in [4.69, 9.17) is 14.2 Å². The number of aromatic nitrogens is 4. The molecule has 0 radical (unpaired) electrons. The van der Waals surface area contributed by atoms with E-state index in [9.17, 15) is 9.59 Å².